The first kappa shape index (κ1) is 15.3. The van der Waals surface area contributed by atoms with Crippen LogP contribution in [0.2, 0.25) is 0 Å². The van der Waals surface area contributed by atoms with E-state index in [4.69, 9.17) is 0 Å². The summed E-state index contributed by atoms with van der Waals surface area (Å²) in [7, 11) is 0. The SMILES string of the molecule is Cc1cc(Br)ccc1Nc1ccnc(N2CCC(C)CC2)n1. The zero-order valence-corrected chi connectivity index (χ0v) is 14.6. The van der Waals surface area contributed by atoms with Crippen molar-refractivity contribution >= 4 is 33.4 Å². The standard InChI is InChI=1S/C17H21BrN4/c1-12-6-9-22(10-7-12)17-19-8-5-16(21-17)20-15-4-3-14(18)11-13(15)2/h3-5,8,11-12H,6-7,9-10H2,1-2H3,(H,19,20,21). The van der Waals surface area contributed by atoms with Gasteiger partial charge in [0.2, 0.25) is 5.95 Å². The van der Waals surface area contributed by atoms with Gasteiger partial charge in [-0.25, -0.2) is 4.98 Å². The summed E-state index contributed by atoms with van der Waals surface area (Å²) in [5, 5.41) is 3.39. The maximum absolute atomic E-state index is 4.67. The fourth-order valence-corrected chi connectivity index (χ4v) is 3.16. The quantitative estimate of drug-likeness (QED) is 0.872. The van der Waals surface area contributed by atoms with Crippen molar-refractivity contribution in [2.24, 2.45) is 5.92 Å². The summed E-state index contributed by atoms with van der Waals surface area (Å²) in [5.74, 6) is 2.48. The van der Waals surface area contributed by atoms with E-state index in [2.05, 4.69) is 62.1 Å². The number of halogens is 1. The number of hydrogen-bond donors (Lipinski definition) is 1. The first-order valence-electron chi connectivity index (χ1n) is 7.73. The zero-order chi connectivity index (χ0) is 15.5. The van der Waals surface area contributed by atoms with Crippen molar-refractivity contribution in [1.82, 2.24) is 9.97 Å². The van der Waals surface area contributed by atoms with Crippen LogP contribution in [0.1, 0.15) is 25.3 Å². The molecule has 0 unspecified atom stereocenters. The molecule has 0 spiro atoms. The minimum Gasteiger partial charge on any atom is -0.341 e. The summed E-state index contributed by atoms with van der Waals surface area (Å²) in [5.41, 5.74) is 2.25. The van der Waals surface area contributed by atoms with Crippen LogP contribution in [-0.2, 0) is 0 Å². The number of benzene rings is 1. The Labute approximate surface area is 140 Å². The van der Waals surface area contributed by atoms with E-state index >= 15 is 0 Å². The molecule has 0 amide bonds. The second-order valence-electron chi connectivity index (χ2n) is 6.00. The molecule has 0 saturated carbocycles. The molecule has 0 atom stereocenters. The summed E-state index contributed by atoms with van der Waals surface area (Å²) in [6.45, 7) is 6.48. The average molecular weight is 361 g/mol. The van der Waals surface area contributed by atoms with Crippen molar-refractivity contribution in [3.05, 3.63) is 40.5 Å². The largest absolute Gasteiger partial charge is 0.341 e. The lowest BCUT2D eigenvalue weighted by Gasteiger charge is -2.30. The van der Waals surface area contributed by atoms with Gasteiger partial charge in [0, 0.05) is 29.4 Å². The highest BCUT2D eigenvalue weighted by atomic mass is 79.9. The zero-order valence-electron chi connectivity index (χ0n) is 13.0. The molecule has 3 rings (SSSR count). The second-order valence-corrected chi connectivity index (χ2v) is 6.91. The van der Waals surface area contributed by atoms with Gasteiger partial charge in [-0.2, -0.15) is 4.98 Å². The van der Waals surface area contributed by atoms with Gasteiger partial charge in [-0.15, -0.1) is 0 Å². The normalized spacial score (nSPS) is 15.9. The first-order valence-corrected chi connectivity index (χ1v) is 8.52. The van der Waals surface area contributed by atoms with Gasteiger partial charge in [-0.3, -0.25) is 0 Å². The van der Waals surface area contributed by atoms with Crippen molar-refractivity contribution < 1.29 is 0 Å². The van der Waals surface area contributed by atoms with Crippen LogP contribution in [0.5, 0.6) is 0 Å². The van der Waals surface area contributed by atoms with Crippen LogP contribution in [0.4, 0.5) is 17.5 Å². The number of hydrogen-bond acceptors (Lipinski definition) is 4. The molecule has 1 N–H and O–H groups in total. The number of nitrogens with zero attached hydrogens (tertiary/aromatic N) is 3. The molecule has 1 aromatic carbocycles. The van der Waals surface area contributed by atoms with Crippen LogP contribution in [0.3, 0.4) is 0 Å². The van der Waals surface area contributed by atoms with Crippen LogP contribution in [0.15, 0.2) is 34.9 Å². The Morgan fingerprint density at radius 3 is 2.73 bits per heavy atom. The van der Waals surface area contributed by atoms with E-state index in [1.165, 1.54) is 18.4 Å². The van der Waals surface area contributed by atoms with E-state index in [9.17, 15) is 0 Å². The van der Waals surface area contributed by atoms with E-state index in [0.29, 0.717) is 0 Å². The predicted octanol–water partition coefficient (Wildman–Crippen LogP) is 4.53. The minimum absolute atomic E-state index is 0.808. The Hall–Kier alpha value is -1.62. The lowest BCUT2D eigenvalue weighted by Crippen LogP contribution is -2.34. The number of piperidine rings is 1. The maximum Gasteiger partial charge on any atom is 0.227 e. The Morgan fingerprint density at radius 1 is 1.23 bits per heavy atom. The highest BCUT2D eigenvalue weighted by Gasteiger charge is 2.18. The van der Waals surface area contributed by atoms with Crippen molar-refractivity contribution in [1.29, 1.82) is 0 Å². The van der Waals surface area contributed by atoms with Gasteiger partial charge < -0.3 is 10.2 Å². The predicted molar refractivity (Wildman–Crippen MR) is 94.8 cm³/mol. The van der Waals surface area contributed by atoms with Gasteiger partial charge >= 0.3 is 0 Å². The number of nitrogens with one attached hydrogen (secondary N) is 1. The maximum atomic E-state index is 4.67. The summed E-state index contributed by atoms with van der Waals surface area (Å²) in [4.78, 5) is 11.4. The Balaban J connectivity index is 1.76. The third-order valence-corrected chi connectivity index (χ3v) is 4.65. The smallest absolute Gasteiger partial charge is 0.227 e. The Bertz CT molecular complexity index is 651. The fourth-order valence-electron chi connectivity index (χ4n) is 2.68. The Kier molecular flexibility index (Phi) is 4.62. The molecule has 2 aromatic rings. The molecule has 4 nitrogen and oxygen atoms in total. The van der Waals surface area contributed by atoms with E-state index < -0.39 is 0 Å². The molecule has 1 fully saturated rings. The van der Waals surface area contributed by atoms with Crippen LogP contribution >= 0.6 is 15.9 Å². The molecule has 1 aromatic heterocycles. The van der Waals surface area contributed by atoms with Gasteiger partial charge in [0.05, 0.1) is 0 Å². The topological polar surface area (TPSA) is 41.1 Å². The molecule has 0 aliphatic carbocycles. The van der Waals surface area contributed by atoms with Crippen LogP contribution in [0, 0.1) is 12.8 Å². The van der Waals surface area contributed by atoms with Gasteiger partial charge in [-0.1, -0.05) is 22.9 Å². The van der Waals surface area contributed by atoms with E-state index in [1.54, 1.807) is 0 Å². The Morgan fingerprint density at radius 2 is 2.00 bits per heavy atom. The lowest BCUT2D eigenvalue weighted by atomic mass is 10.00. The van der Waals surface area contributed by atoms with Crippen molar-refractivity contribution in [2.75, 3.05) is 23.3 Å². The van der Waals surface area contributed by atoms with E-state index in [0.717, 1.165) is 40.9 Å². The molecule has 22 heavy (non-hydrogen) atoms. The average Bonchev–Trinajstić information content (AvgIpc) is 2.51. The monoisotopic (exact) mass is 360 g/mol. The first-order chi connectivity index (χ1) is 10.6. The third kappa shape index (κ3) is 3.58. The van der Waals surface area contributed by atoms with Crippen LogP contribution < -0.4 is 10.2 Å². The molecule has 1 aliphatic rings. The number of aromatic nitrogens is 2. The number of anilines is 3. The van der Waals surface area contributed by atoms with Crippen molar-refractivity contribution in [3.63, 3.8) is 0 Å². The molecule has 2 heterocycles. The van der Waals surface area contributed by atoms with E-state index in [1.807, 2.05) is 18.3 Å². The molecule has 0 bridgehead atoms. The van der Waals surface area contributed by atoms with E-state index in [-0.39, 0.29) is 0 Å². The molecular weight excluding hydrogens is 340 g/mol. The molecule has 1 saturated heterocycles. The molecule has 116 valence electrons. The van der Waals surface area contributed by atoms with Crippen molar-refractivity contribution in [2.45, 2.75) is 26.7 Å². The van der Waals surface area contributed by atoms with Crippen molar-refractivity contribution in [3.8, 4) is 0 Å². The molecule has 0 radical (unpaired) electrons. The summed E-state index contributed by atoms with van der Waals surface area (Å²) in [6, 6.07) is 8.10. The summed E-state index contributed by atoms with van der Waals surface area (Å²) >= 11 is 3.49. The minimum atomic E-state index is 0.808. The molecule has 1 aliphatic heterocycles. The third-order valence-electron chi connectivity index (χ3n) is 4.16. The van der Waals surface area contributed by atoms with Gasteiger partial charge in [0.25, 0.3) is 0 Å². The summed E-state index contributed by atoms with van der Waals surface area (Å²) < 4.78 is 1.08. The number of aryl methyl sites for hydroxylation is 1. The highest BCUT2D eigenvalue weighted by Crippen LogP contribution is 2.25. The summed E-state index contributed by atoms with van der Waals surface area (Å²) in [6.07, 6.45) is 4.26. The fraction of sp³-hybridized carbons (Fsp3) is 0.412. The molecule has 5 heteroatoms. The van der Waals surface area contributed by atoms with Crippen LogP contribution in [-0.4, -0.2) is 23.1 Å². The second kappa shape index (κ2) is 6.65. The highest BCUT2D eigenvalue weighted by molar-refractivity contribution is 9.10. The van der Waals surface area contributed by atoms with Gasteiger partial charge in [-0.05, 0) is 55.5 Å². The molecular formula is C17H21BrN4. The van der Waals surface area contributed by atoms with Gasteiger partial charge in [0.15, 0.2) is 0 Å². The van der Waals surface area contributed by atoms with Gasteiger partial charge in [0.1, 0.15) is 5.82 Å². The lowest BCUT2D eigenvalue weighted by molar-refractivity contribution is 0.434. The van der Waals surface area contributed by atoms with Crippen LogP contribution in [0.25, 0.3) is 0 Å². The number of rotatable bonds is 3.